The number of aromatic nitrogens is 1. The minimum absolute atomic E-state index is 0.649. The molecule has 1 aliphatic rings. The first-order chi connectivity index (χ1) is 15.6. The van der Waals surface area contributed by atoms with E-state index in [0.717, 1.165) is 29.9 Å². The third kappa shape index (κ3) is 5.56. The molecular weight excluding hydrogens is 390 g/mol. The number of nitrogens with one attached hydrogen (secondary N) is 1. The van der Waals surface area contributed by atoms with E-state index in [1.807, 2.05) is 18.2 Å². The predicted octanol–water partition coefficient (Wildman–Crippen LogP) is 6.18. The number of fused-ring (bicyclic) bond motifs is 1. The van der Waals surface area contributed by atoms with E-state index in [-0.39, 0.29) is 0 Å². The summed E-state index contributed by atoms with van der Waals surface area (Å²) in [6.45, 7) is 3.79. The molecule has 0 aliphatic heterocycles. The Morgan fingerprint density at radius 1 is 1.00 bits per heavy atom. The van der Waals surface area contributed by atoms with Crippen LogP contribution >= 0.6 is 0 Å². The van der Waals surface area contributed by atoms with Gasteiger partial charge < -0.3 is 14.8 Å². The summed E-state index contributed by atoms with van der Waals surface area (Å²) in [5, 5.41) is 4.69. The minimum Gasteiger partial charge on any atom is -0.374 e. The van der Waals surface area contributed by atoms with Gasteiger partial charge in [-0.15, -0.1) is 0 Å². The zero-order valence-electron chi connectivity index (χ0n) is 19.9. The Balaban J connectivity index is 1.38. The molecule has 3 heteroatoms. The fraction of sp³-hybridized carbons (Fsp3) is 0.448. The average Bonchev–Trinajstić information content (AvgIpc) is 3.18. The van der Waals surface area contributed by atoms with E-state index < -0.39 is 0 Å². The molecule has 0 bridgehead atoms. The van der Waals surface area contributed by atoms with Gasteiger partial charge in [0.05, 0.1) is 12.2 Å². The van der Waals surface area contributed by atoms with Crippen LogP contribution in [-0.2, 0) is 13.0 Å². The first-order valence-electron chi connectivity index (χ1n) is 12.2. The van der Waals surface area contributed by atoms with E-state index in [1.54, 1.807) is 0 Å². The topological polar surface area (TPSA) is 20.2 Å². The molecule has 4 rings (SSSR count). The van der Waals surface area contributed by atoms with Crippen molar-refractivity contribution in [3.05, 3.63) is 65.9 Å². The lowest BCUT2D eigenvalue weighted by Gasteiger charge is -2.32. The summed E-state index contributed by atoms with van der Waals surface area (Å²) in [6, 6.07) is 20.3. The van der Waals surface area contributed by atoms with Gasteiger partial charge in [0.25, 0.3) is 0 Å². The highest BCUT2D eigenvalue weighted by Crippen LogP contribution is 2.30. The number of para-hydroxylation sites is 1. The van der Waals surface area contributed by atoms with Crippen molar-refractivity contribution in [2.24, 2.45) is 5.92 Å². The van der Waals surface area contributed by atoms with Gasteiger partial charge in [0.2, 0.25) is 0 Å². The van der Waals surface area contributed by atoms with Crippen molar-refractivity contribution in [3.63, 3.8) is 0 Å². The third-order valence-electron chi connectivity index (χ3n) is 7.04. The van der Waals surface area contributed by atoms with E-state index in [4.69, 9.17) is 0 Å². The number of hydrogen-bond acceptors (Lipinski definition) is 2. The van der Waals surface area contributed by atoms with Crippen LogP contribution in [-0.4, -0.2) is 36.1 Å². The molecule has 0 unspecified atom stereocenters. The smallest absolute Gasteiger partial charge is 0.0931 e. The maximum Gasteiger partial charge on any atom is 0.0931 e. The Bertz CT molecular complexity index is 1060. The van der Waals surface area contributed by atoms with E-state index in [9.17, 15) is 0 Å². The lowest BCUT2D eigenvalue weighted by atomic mass is 9.82. The lowest BCUT2D eigenvalue weighted by molar-refractivity contribution is 0.189. The maximum absolute atomic E-state index is 3.39. The van der Waals surface area contributed by atoms with Crippen LogP contribution in [0.5, 0.6) is 0 Å². The summed E-state index contributed by atoms with van der Waals surface area (Å²) in [5.41, 5.74) is 4.97. The van der Waals surface area contributed by atoms with E-state index in [0.29, 0.717) is 6.54 Å². The molecule has 32 heavy (non-hydrogen) atoms. The van der Waals surface area contributed by atoms with Crippen molar-refractivity contribution in [2.75, 3.05) is 26.0 Å². The molecule has 0 spiro atoms. The average molecular weight is 428 g/mol. The first kappa shape index (κ1) is 22.5. The number of hydrogen-bond donors (Lipinski definition) is 1. The molecule has 3 aromatic rings. The lowest BCUT2D eigenvalue weighted by Crippen LogP contribution is -2.32. The van der Waals surface area contributed by atoms with Gasteiger partial charge in [0, 0.05) is 29.2 Å². The van der Waals surface area contributed by atoms with Crippen molar-refractivity contribution in [1.29, 1.82) is 0 Å². The summed E-state index contributed by atoms with van der Waals surface area (Å²) in [6.07, 6.45) is 7.99. The number of rotatable bonds is 7. The molecule has 1 heterocycles. The van der Waals surface area contributed by atoms with Crippen molar-refractivity contribution in [2.45, 2.75) is 58.0 Å². The predicted molar refractivity (Wildman–Crippen MR) is 137 cm³/mol. The Labute approximate surface area is 193 Å². The van der Waals surface area contributed by atoms with Crippen LogP contribution in [0.1, 0.15) is 50.3 Å². The van der Waals surface area contributed by atoms with Gasteiger partial charge in [0.1, 0.15) is 0 Å². The summed E-state index contributed by atoms with van der Waals surface area (Å²) in [5.74, 6) is 7.57. The molecular formula is C29H37N3. The van der Waals surface area contributed by atoms with Crippen molar-refractivity contribution < 1.29 is 0 Å². The van der Waals surface area contributed by atoms with Gasteiger partial charge in [-0.3, -0.25) is 0 Å². The summed E-state index contributed by atoms with van der Waals surface area (Å²) in [7, 11) is 4.45. The quantitative estimate of drug-likeness (QED) is 0.455. The van der Waals surface area contributed by atoms with Crippen molar-refractivity contribution in [3.8, 4) is 11.8 Å². The van der Waals surface area contributed by atoms with Gasteiger partial charge in [0.15, 0.2) is 0 Å². The number of anilines is 1. The van der Waals surface area contributed by atoms with Gasteiger partial charge in [-0.25, -0.2) is 0 Å². The molecule has 1 aliphatic carbocycles. The van der Waals surface area contributed by atoms with Crippen LogP contribution < -0.4 is 5.32 Å². The molecule has 0 atom stereocenters. The molecule has 3 nitrogen and oxygen atoms in total. The van der Waals surface area contributed by atoms with Gasteiger partial charge in [-0.1, -0.05) is 30.2 Å². The van der Waals surface area contributed by atoms with Crippen LogP contribution in [0.2, 0.25) is 0 Å². The summed E-state index contributed by atoms with van der Waals surface area (Å²) >= 11 is 0. The second-order valence-corrected chi connectivity index (χ2v) is 9.37. The zero-order valence-corrected chi connectivity index (χ0v) is 19.9. The molecule has 2 aromatic carbocycles. The monoisotopic (exact) mass is 427 g/mol. The Hall–Kier alpha value is -2.70. The van der Waals surface area contributed by atoms with Crippen LogP contribution in [0.15, 0.2) is 54.6 Å². The fourth-order valence-electron chi connectivity index (χ4n) is 5.08. The fourth-order valence-corrected chi connectivity index (χ4v) is 5.08. The molecule has 1 aromatic heterocycles. The number of benzene rings is 2. The number of nitrogens with zero attached hydrogens (tertiary/aromatic N) is 2. The molecule has 168 valence electrons. The molecule has 0 amide bonds. The van der Waals surface area contributed by atoms with Gasteiger partial charge in [-0.05, 0) is 107 Å². The molecule has 1 N–H and O–H groups in total. The molecule has 0 radical (unpaired) electrons. The van der Waals surface area contributed by atoms with Crippen LogP contribution in [0.4, 0.5) is 5.69 Å². The van der Waals surface area contributed by atoms with Crippen molar-refractivity contribution in [1.82, 2.24) is 9.47 Å². The second-order valence-electron chi connectivity index (χ2n) is 9.37. The SMILES string of the molecule is CCn1c(C#CCNc2ccccc2)cc2cc(CCC3CCC(N(C)C)CC3)ccc21. The third-order valence-corrected chi connectivity index (χ3v) is 7.04. The Kier molecular flexibility index (Phi) is 7.55. The standard InChI is InChI=1S/C29H37N3/c1-4-32-28(11-8-20-30-26-9-6-5-7-10-26)22-25-21-24(16-19-29(25)32)13-12-23-14-17-27(18-15-23)31(2)3/h5-7,9-10,16,19,21-23,27,30H,4,12-15,17-18,20H2,1-3H3. The van der Waals surface area contributed by atoms with Crippen LogP contribution in [0.3, 0.4) is 0 Å². The molecule has 1 saturated carbocycles. The highest BCUT2D eigenvalue weighted by atomic mass is 15.1. The summed E-state index contributed by atoms with van der Waals surface area (Å²) < 4.78 is 2.33. The summed E-state index contributed by atoms with van der Waals surface area (Å²) in [4.78, 5) is 2.40. The molecule has 0 saturated heterocycles. The Morgan fingerprint density at radius 2 is 1.78 bits per heavy atom. The van der Waals surface area contributed by atoms with E-state index in [1.165, 1.54) is 55.0 Å². The number of aryl methyl sites for hydroxylation is 2. The normalized spacial score (nSPS) is 18.5. The van der Waals surface area contributed by atoms with Crippen LogP contribution in [0.25, 0.3) is 10.9 Å². The van der Waals surface area contributed by atoms with E-state index >= 15 is 0 Å². The second kappa shape index (κ2) is 10.7. The first-order valence-corrected chi connectivity index (χ1v) is 12.2. The van der Waals surface area contributed by atoms with Gasteiger partial charge >= 0.3 is 0 Å². The zero-order chi connectivity index (χ0) is 22.3. The Morgan fingerprint density at radius 3 is 2.50 bits per heavy atom. The molecule has 1 fully saturated rings. The van der Waals surface area contributed by atoms with Crippen LogP contribution in [0, 0.1) is 17.8 Å². The van der Waals surface area contributed by atoms with Gasteiger partial charge in [-0.2, -0.15) is 0 Å². The van der Waals surface area contributed by atoms with E-state index in [2.05, 4.69) is 84.0 Å². The van der Waals surface area contributed by atoms with Crippen molar-refractivity contribution >= 4 is 16.6 Å². The maximum atomic E-state index is 3.39. The highest BCUT2D eigenvalue weighted by molar-refractivity contribution is 5.83. The minimum atomic E-state index is 0.649. The highest BCUT2D eigenvalue weighted by Gasteiger charge is 2.22. The largest absolute Gasteiger partial charge is 0.374 e.